The van der Waals surface area contributed by atoms with Gasteiger partial charge in [-0.3, -0.25) is 4.68 Å². The Morgan fingerprint density at radius 3 is 3.05 bits per heavy atom. The van der Waals surface area contributed by atoms with Gasteiger partial charge in [-0.25, -0.2) is 0 Å². The lowest BCUT2D eigenvalue weighted by molar-refractivity contribution is 0.713. The first-order valence-electron chi connectivity index (χ1n) is 7.10. The number of nitrogens with two attached hydrogens (primary N) is 1. The molecule has 3 rings (SSSR count). The van der Waals surface area contributed by atoms with Crippen LogP contribution in [0.3, 0.4) is 0 Å². The van der Waals surface area contributed by atoms with Gasteiger partial charge in [0.1, 0.15) is 0 Å². The van der Waals surface area contributed by atoms with Crippen molar-refractivity contribution in [3.05, 3.63) is 41.2 Å². The number of hydrogen-bond acceptors (Lipinski definition) is 2. The van der Waals surface area contributed by atoms with Crippen molar-refractivity contribution in [2.45, 2.75) is 38.6 Å². The zero-order valence-corrected chi connectivity index (χ0v) is 11.7. The molecule has 1 aromatic carbocycles. The summed E-state index contributed by atoms with van der Waals surface area (Å²) in [6, 6.07) is 6.93. The van der Waals surface area contributed by atoms with E-state index in [9.17, 15) is 0 Å². The van der Waals surface area contributed by atoms with Gasteiger partial charge in [0.2, 0.25) is 0 Å². The average molecular weight is 255 g/mol. The Morgan fingerprint density at radius 1 is 1.42 bits per heavy atom. The Balaban J connectivity index is 2.03. The summed E-state index contributed by atoms with van der Waals surface area (Å²) in [4.78, 5) is 0. The van der Waals surface area contributed by atoms with Crippen LogP contribution in [0.4, 0.5) is 0 Å². The van der Waals surface area contributed by atoms with Crippen molar-refractivity contribution in [1.82, 2.24) is 9.78 Å². The van der Waals surface area contributed by atoms with Gasteiger partial charge in [0.25, 0.3) is 0 Å². The van der Waals surface area contributed by atoms with Crippen LogP contribution < -0.4 is 5.73 Å². The maximum atomic E-state index is 6.10. The predicted octanol–water partition coefficient (Wildman–Crippen LogP) is 2.99. The lowest BCUT2D eigenvalue weighted by Gasteiger charge is -2.07. The fourth-order valence-corrected chi connectivity index (χ4v) is 3.02. The molecule has 0 saturated carbocycles. The molecule has 1 atom stereocenters. The third kappa shape index (κ3) is 2.19. The van der Waals surface area contributed by atoms with E-state index < -0.39 is 0 Å². The molecule has 1 aliphatic rings. The van der Waals surface area contributed by atoms with Crippen LogP contribution in [0.15, 0.2) is 24.4 Å². The van der Waals surface area contributed by atoms with E-state index >= 15 is 0 Å². The van der Waals surface area contributed by atoms with Crippen molar-refractivity contribution < 1.29 is 0 Å². The van der Waals surface area contributed by atoms with Crippen molar-refractivity contribution in [1.29, 1.82) is 0 Å². The Labute approximate surface area is 114 Å². The molecule has 2 N–H and O–H groups in total. The largest absolute Gasteiger partial charge is 0.324 e. The molecule has 0 aliphatic heterocycles. The van der Waals surface area contributed by atoms with Gasteiger partial charge in [-0.1, -0.05) is 31.5 Å². The van der Waals surface area contributed by atoms with Crippen molar-refractivity contribution in [3.63, 3.8) is 0 Å². The second-order valence-corrected chi connectivity index (χ2v) is 5.47. The molecule has 0 saturated heterocycles. The Kier molecular flexibility index (Phi) is 3.15. The third-order valence-corrected chi connectivity index (χ3v) is 3.97. The molecular formula is C16H21N3. The summed E-state index contributed by atoms with van der Waals surface area (Å²) < 4.78 is 1.92. The fraction of sp³-hybridized carbons (Fsp3) is 0.438. The van der Waals surface area contributed by atoms with Gasteiger partial charge < -0.3 is 5.73 Å². The molecule has 0 amide bonds. The van der Waals surface area contributed by atoms with E-state index in [0.29, 0.717) is 0 Å². The Hall–Kier alpha value is -1.61. The summed E-state index contributed by atoms with van der Waals surface area (Å²) in [6.07, 6.45) is 6.47. The number of benzene rings is 1. The topological polar surface area (TPSA) is 43.8 Å². The molecule has 0 spiro atoms. The van der Waals surface area contributed by atoms with E-state index in [4.69, 9.17) is 5.73 Å². The van der Waals surface area contributed by atoms with Crippen LogP contribution in [0.1, 0.15) is 42.6 Å². The smallest absolute Gasteiger partial charge is 0.0702 e. The van der Waals surface area contributed by atoms with E-state index in [1.54, 1.807) is 0 Å². The molecule has 1 aliphatic carbocycles. The second kappa shape index (κ2) is 4.82. The minimum Gasteiger partial charge on any atom is -0.324 e. The summed E-state index contributed by atoms with van der Waals surface area (Å²) in [5.74, 6) is 0. The Morgan fingerprint density at radius 2 is 2.26 bits per heavy atom. The number of fused-ring (bicyclic) bond motifs is 1. The van der Waals surface area contributed by atoms with Crippen molar-refractivity contribution >= 4 is 0 Å². The maximum absolute atomic E-state index is 6.10. The first-order valence-corrected chi connectivity index (χ1v) is 7.10. The average Bonchev–Trinajstić information content (AvgIpc) is 2.94. The number of rotatable bonds is 3. The first kappa shape index (κ1) is 12.4. The lowest BCUT2D eigenvalue weighted by atomic mass is 9.99. The van der Waals surface area contributed by atoms with Gasteiger partial charge in [-0.05, 0) is 36.0 Å². The van der Waals surface area contributed by atoms with Crippen molar-refractivity contribution in [2.75, 3.05) is 0 Å². The molecule has 0 radical (unpaired) electrons. The van der Waals surface area contributed by atoms with Crippen molar-refractivity contribution in [2.24, 2.45) is 12.8 Å². The molecule has 1 unspecified atom stereocenters. The van der Waals surface area contributed by atoms with Crippen LogP contribution >= 0.6 is 0 Å². The molecule has 19 heavy (non-hydrogen) atoms. The monoisotopic (exact) mass is 255 g/mol. The third-order valence-electron chi connectivity index (χ3n) is 3.97. The van der Waals surface area contributed by atoms with Gasteiger partial charge in [0.05, 0.1) is 5.69 Å². The van der Waals surface area contributed by atoms with Gasteiger partial charge in [0, 0.05) is 24.8 Å². The number of aryl methyl sites for hydroxylation is 3. The second-order valence-electron chi connectivity index (χ2n) is 5.47. The summed E-state index contributed by atoms with van der Waals surface area (Å²) in [7, 11) is 1.99. The van der Waals surface area contributed by atoms with E-state index in [1.807, 2.05) is 11.7 Å². The van der Waals surface area contributed by atoms with Gasteiger partial charge in [-0.2, -0.15) is 5.10 Å². The molecule has 100 valence electrons. The van der Waals surface area contributed by atoms with Gasteiger partial charge >= 0.3 is 0 Å². The standard InChI is InChI=1S/C16H21N3/c1-3-4-16-14(10-19(2)18-16)12-5-7-13-11(9-12)6-8-15(13)17/h5,7,9-10,15H,3-4,6,8,17H2,1-2H3. The molecule has 1 heterocycles. The molecule has 0 bridgehead atoms. The molecule has 1 aromatic heterocycles. The van der Waals surface area contributed by atoms with Crippen LogP contribution in [0.2, 0.25) is 0 Å². The maximum Gasteiger partial charge on any atom is 0.0702 e. The summed E-state index contributed by atoms with van der Waals surface area (Å²) in [5, 5.41) is 4.58. The molecule has 3 heteroatoms. The van der Waals surface area contributed by atoms with E-state index in [2.05, 4.69) is 36.4 Å². The quantitative estimate of drug-likeness (QED) is 0.916. The number of aromatic nitrogens is 2. The summed E-state index contributed by atoms with van der Waals surface area (Å²) >= 11 is 0. The van der Waals surface area contributed by atoms with Crippen LogP contribution in [0.5, 0.6) is 0 Å². The van der Waals surface area contributed by atoms with Gasteiger partial charge in [-0.15, -0.1) is 0 Å². The zero-order valence-electron chi connectivity index (χ0n) is 11.7. The highest BCUT2D eigenvalue weighted by Crippen LogP contribution is 2.33. The highest BCUT2D eigenvalue weighted by atomic mass is 15.2. The highest BCUT2D eigenvalue weighted by Gasteiger charge is 2.20. The molecule has 2 aromatic rings. The van der Waals surface area contributed by atoms with Crippen LogP contribution in [0, 0.1) is 0 Å². The van der Waals surface area contributed by atoms with E-state index in [0.717, 1.165) is 25.7 Å². The normalized spacial score (nSPS) is 17.7. The minimum atomic E-state index is 0.230. The molecular weight excluding hydrogens is 234 g/mol. The predicted molar refractivity (Wildman–Crippen MR) is 77.9 cm³/mol. The highest BCUT2D eigenvalue weighted by molar-refractivity contribution is 5.67. The Bertz CT molecular complexity index is 598. The van der Waals surface area contributed by atoms with E-state index in [1.165, 1.54) is 27.9 Å². The van der Waals surface area contributed by atoms with Crippen LogP contribution in [-0.2, 0) is 19.9 Å². The number of hydrogen-bond donors (Lipinski definition) is 1. The summed E-state index contributed by atoms with van der Waals surface area (Å²) in [5.41, 5.74) is 12.6. The molecule has 3 nitrogen and oxygen atoms in total. The summed E-state index contributed by atoms with van der Waals surface area (Å²) in [6.45, 7) is 2.19. The fourth-order valence-electron chi connectivity index (χ4n) is 3.02. The minimum absolute atomic E-state index is 0.230. The van der Waals surface area contributed by atoms with E-state index in [-0.39, 0.29) is 6.04 Å². The number of nitrogens with zero attached hydrogens (tertiary/aromatic N) is 2. The zero-order chi connectivity index (χ0) is 13.4. The van der Waals surface area contributed by atoms with Crippen LogP contribution in [0.25, 0.3) is 11.1 Å². The van der Waals surface area contributed by atoms with Gasteiger partial charge in [0.15, 0.2) is 0 Å². The first-order chi connectivity index (χ1) is 9.19. The molecule has 0 fully saturated rings. The lowest BCUT2D eigenvalue weighted by Crippen LogP contribution is -2.04. The van der Waals surface area contributed by atoms with Crippen LogP contribution in [-0.4, -0.2) is 9.78 Å². The SMILES string of the molecule is CCCc1nn(C)cc1-c1ccc2c(c1)CCC2N. The van der Waals surface area contributed by atoms with Crippen molar-refractivity contribution in [3.8, 4) is 11.1 Å².